The molecule has 2 aromatic heterocycles. The van der Waals surface area contributed by atoms with E-state index in [0.717, 1.165) is 49.8 Å². The van der Waals surface area contributed by atoms with E-state index in [0.29, 0.717) is 11.7 Å². The fourth-order valence-corrected chi connectivity index (χ4v) is 4.21. The van der Waals surface area contributed by atoms with E-state index in [1.807, 2.05) is 12.1 Å². The van der Waals surface area contributed by atoms with Crippen molar-refractivity contribution in [3.05, 3.63) is 36.7 Å². The maximum Gasteiger partial charge on any atom is 0.327 e. The molecule has 2 aliphatic heterocycles. The van der Waals surface area contributed by atoms with Crippen LogP contribution in [-0.4, -0.2) is 73.8 Å². The molecule has 1 fully saturated rings. The molecule has 0 unspecified atom stereocenters. The SMILES string of the molecule is C[C@@H]1CCN(C)c2ccc(N3CC[C@H](N(C)C)C3)nc2N1C(=O)Nc1cccnc1. The van der Waals surface area contributed by atoms with Crippen molar-refractivity contribution in [1.29, 1.82) is 0 Å². The monoisotopic (exact) mass is 409 g/mol. The number of urea groups is 1. The lowest BCUT2D eigenvalue weighted by atomic mass is 10.2. The molecule has 0 aliphatic carbocycles. The number of hydrogen-bond acceptors (Lipinski definition) is 6. The summed E-state index contributed by atoms with van der Waals surface area (Å²) >= 11 is 0. The van der Waals surface area contributed by atoms with Crippen molar-refractivity contribution in [2.24, 2.45) is 0 Å². The van der Waals surface area contributed by atoms with Crippen LogP contribution in [0.5, 0.6) is 0 Å². The van der Waals surface area contributed by atoms with Gasteiger partial charge < -0.3 is 20.0 Å². The molecule has 0 spiro atoms. The first-order valence-electron chi connectivity index (χ1n) is 10.6. The van der Waals surface area contributed by atoms with Crippen LogP contribution in [0.15, 0.2) is 36.7 Å². The summed E-state index contributed by atoms with van der Waals surface area (Å²) in [6, 6.07) is 8.22. The predicted molar refractivity (Wildman–Crippen MR) is 122 cm³/mol. The van der Waals surface area contributed by atoms with Crippen molar-refractivity contribution in [2.75, 3.05) is 60.8 Å². The summed E-state index contributed by atoms with van der Waals surface area (Å²) in [5.41, 5.74) is 1.66. The first kappa shape index (κ1) is 20.4. The standard InChI is InChI=1S/C22H31N7O/c1-16-9-12-27(4)19-7-8-20(28-13-10-18(15-28)26(2)3)25-21(19)29(16)22(30)24-17-6-5-11-23-14-17/h5-8,11,14,16,18H,9-10,12-13,15H2,1-4H3,(H,24,30)/t16-,18+/m1/s1. The molecule has 0 saturated carbocycles. The summed E-state index contributed by atoms with van der Waals surface area (Å²) < 4.78 is 0. The van der Waals surface area contributed by atoms with Crippen molar-refractivity contribution >= 4 is 29.0 Å². The average Bonchev–Trinajstić information content (AvgIpc) is 3.19. The third-order valence-corrected chi connectivity index (χ3v) is 6.15. The summed E-state index contributed by atoms with van der Waals surface area (Å²) in [7, 11) is 6.31. The lowest BCUT2D eigenvalue weighted by Crippen LogP contribution is -2.42. The van der Waals surface area contributed by atoms with Crippen LogP contribution in [-0.2, 0) is 0 Å². The maximum absolute atomic E-state index is 13.3. The van der Waals surface area contributed by atoms with Crippen LogP contribution in [0.2, 0.25) is 0 Å². The molecule has 2 aromatic rings. The number of carbonyl (C=O) groups excluding carboxylic acids is 1. The predicted octanol–water partition coefficient (Wildman–Crippen LogP) is 2.88. The van der Waals surface area contributed by atoms with Gasteiger partial charge in [-0.25, -0.2) is 9.78 Å². The van der Waals surface area contributed by atoms with E-state index in [9.17, 15) is 4.79 Å². The van der Waals surface area contributed by atoms with Gasteiger partial charge in [0, 0.05) is 45.0 Å². The van der Waals surface area contributed by atoms with Crippen LogP contribution in [0.3, 0.4) is 0 Å². The minimum Gasteiger partial charge on any atom is -0.372 e. The molecule has 1 N–H and O–H groups in total. The molecular weight excluding hydrogens is 378 g/mol. The second-order valence-electron chi connectivity index (χ2n) is 8.47. The molecule has 4 rings (SSSR count). The van der Waals surface area contributed by atoms with Crippen molar-refractivity contribution in [3.63, 3.8) is 0 Å². The van der Waals surface area contributed by atoms with Gasteiger partial charge in [0.15, 0.2) is 5.82 Å². The molecule has 0 radical (unpaired) electrons. The van der Waals surface area contributed by atoms with E-state index >= 15 is 0 Å². The van der Waals surface area contributed by atoms with E-state index < -0.39 is 0 Å². The van der Waals surface area contributed by atoms with Crippen molar-refractivity contribution < 1.29 is 4.79 Å². The second kappa shape index (κ2) is 8.47. The number of anilines is 4. The second-order valence-corrected chi connectivity index (χ2v) is 8.47. The number of fused-ring (bicyclic) bond motifs is 1. The minimum absolute atomic E-state index is 0.0289. The Balaban J connectivity index is 1.66. The number of hydrogen-bond donors (Lipinski definition) is 1. The molecule has 1 saturated heterocycles. The van der Waals surface area contributed by atoms with Gasteiger partial charge in [-0.3, -0.25) is 9.88 Å². The Hall–Kier alpha value is -2.87. The maximum atomic E-state index is 13.3. The van der Waals surface area contributed by atoms with Gasteiger partial charge in [0.1, 0.15) is 5.82 Å². The Morgan fingerprint density at radius 1 is 1.20 bits per heavy atom. The highest BCUT2D eigenvalue weighted by atomic mass is 16.2. The lowest BCUT2D eigenvalue weighted by molar-refractivity contribution is 0.255. The van der Waals surface area contributed by atoms with E-state index in [1.165, 1.54) is 0 Å². The van der Waals surface area contributed by atoms with Gasteiger partial charge in [0.2, 0.25) is 0 Å². The molecule has 0 bridgehead atoms. The molecule has 2 amide bonds. The quantitative estimate of drug-likeness (QED) is 0.841. The zero-order chi connectivity index (χ0) is 21.3. The third-order valence-electron chi connectivity index (χ3n) is 6.15. The normalized spacial score (nSPS) is 21.6. The van der Waals surface area contributed by atoms with Crippen molar-refractivity contribution in [2.45, 2.75) is 31.8 Å². The highest BCUT2D eigenvalue weighted by Gasteiger charge is 2.32. The van der Waals surface area contributed by atoms with Crippen LogP contribution in [0.25, 0.3) is 0 Å². The molecule has 30 heavy (non-hydrogen) atoms. The first-order valence-corrected chi connectivity index (χ1v) is 10.6. The lowest BCUT2D eigenvalue weighted by Gasteiger charge is -2.29. The molecule has 2 aliphatic rings. The zero-order valence-corrected chi connectivity index (χ0v) is 18.2. The molecule has 160 valence electrons. The number of likely N-dealkylation sites (N-methyl/N-ethyl adjacent to an activating group) is 1. The van der Waals surface area contributed by atoms with Gasteiger partial charge in [-0.2, -0.15) is 0 Å². The summed E-state index contributed by atoms with van der Waals surface area (Å²) in [5.74, 6) is 1.65. The number of pyridine rings is 2. The molecule has 2 atom stereocenters. The Morgan fingerprint density at radius 3 is 2.73 bits per heavy atom. The molecule has 8 heteroatoms. The van der Waals surface area contributed by atoms with E-state index in [2.05, 4.69) is 65.2 Å². The van der Waals surface area contributed by atoms with Gasteiger partial charge >= 0.3 is 6.03 Å². The Morgan fingerprint density at radius 2 is 2.03 bits per heavy atom. The number of nitrogens with one attached hydrogen (secondary N) is 1. The fraction of sp³-hybridized carbons (Fsp3) is 0.500. The molecule has 8 nitrogen and oxygen atoms in total. The first-order chi connectivity index (χ1) is 14.4. The Bertz CT molecular complexity index is 888. The minimum atomic E-state index is -0.177. The van der Waals surface area contributed by atoms with Gasteiger partial charge in [-0.1, -0.05) is 0 Å². The Labute approximate surface area is 178 Å². The highest BCUT2D eigenvalue weighted by molar-refractivity contribution is 6.03. The number of carbonyl (C=O) groups is 1. The van der Waals surface area contributed by atoms with Crippen LogP contribution in [0.1, 0.15) is 19.8 Å². The third kappa shape index (κ3) is 4.05. The highest BCUT2D eigenvalue weighted by Crippen LogP contribution is 2.35. The van der Waals surface area contributed by atoms with Crippen LogP contribution < -0.4 is 20.0 Å². The van der Waals surface area contributed by atoms with Crippen molar-refractivity contribution in [1.82, 2.24) is 14.9 Å². The number of nitrogens with zero attached hydrogens (tertiary/aromatic N) is 6. The van der Waals surface area contributed by atoms with Crippen LogP contribution in [0.4, 0.5) is 27.8 Å². The Kier molecular flexibility index (Phi) is 5.76. The zero-order valence-electron chi connectivity index (χ0n) is 18.2. The largest absolute Gasteiger partial charge is 0.372 e. The van der Waals surface area contributed by atoms with Gasteiger partial charge in [0.25, 0.3) is 0 Å². The number of aromatic nitrogens is 2. The fourth-order valence-electron chi connectivity index (χ4n) is 4.21. The van der Waals surface area contributed by atoms with Gasteiger partial charge in [0.05, 0.1) is 17.6 Å². The topological polar surface area (TPSA) is 67.8 Å². The summed E-state index contributed by atoms with van der Waals surface area (Å²) in [6.07, 6.45) is 5.34. The van der Waals surface area contributed by atoms with Gasteiger partial charge in [-0.05, 0) is 58.1 Å². The van der Waals surface area contributed by atoms with E-state index in [-0.39, 0.29) is 12.1 Å². The average molecular weight is 410 g/mol. The van der Waals surface area contributed by atoms with Gasteiger partial charge in [-0.15, -0.1) is 0 Å². The smallest absolute Gasteiger partial charge is 0.327 e. The molecular formula is C22H31N7O. The molecule has 4 heterocycles. The molecule has 0 aromatic carbocycles. The van der Waals surface area contributed by atoms with E-state index in [1.54, 1.807) is 17.3 Å². The summed E-state index contributed by atoms with van der Waals surface area (Å²) in [6.45, 7) is 4.88. The number of amides is 2. The van der Waals surface area contributed by atoms with Crippen LogP contribution >= 0.6 is 0 Å². The van der Waals surface area contributed by atoms with Crippen molar-refractivity contribution in [3.8, 4) is 0 Å². The van der Waals surface area contributed by atoms with Crippen LogP contribution in [0, 0.1) is 0 Å². The summed E-state index contributed by atoms with van der Waals surface area (Å²) in [5, 5.41) is 2.98. The summed E-state index contributed by atoms with van der Waals surface area (Å²) in [4.78, 5) is 31.0. The van der Waals surface area contributed by atoms with E-state index in [4.69, 9.17) is 4.98 Å². The number of rotatable bonds is 3.